The Morgan fingerprint density at radius 1 is 1.29 bits per heavy atom. The van der Waals surface area contributed by atoms with Gasteiger partial charge in [-0.15, -0.1) is 5.10 Å². The molecule has 0 amide bonds. The van der Waals surface area contributed by atoms with E-state index in [2.05, 4.69) is 10.3 Å². The summed E-state index contributed by atoms with van der Waals surface area (Å²) < 4.78 is 27.3. The molecule has 17 heavy (non-hydrogen) atoms. The van der Waals surface area contributed by atoms with Crippen molar-refractivity contribution in [3.05, 3.63) is 47.3 Å². The lowest BCUT2D eigenvalue weighted by atomic mass is 10.1. The van der Waals surface area contributed by atoms with Crippen LogP contribution in [0.2, 0.25) is 0 Å². The molecule has 1 atom stereocenters. The predicted molar refractivity (Wildman–Crippen MR) is 56.0 cm³/mol. The fourth-order valence-electron chi connectivity index (χ4n) is 1.66. The number of aliphatic hydroxyl groups is 1. The summed E-state index contributed by atoms with van der Waals surface area (Å²) >= 11 is 0. The first-order chi connectivity index (χ1) is 8.06. The van der Waals surface area contributed by atoms with Crippen LogP contribution in [0.3, 0.4) is 0 Å². The number of halogens is 2. The summed E-state index contributed by atoms with van der Waals surface area (Å²) in [5.74, 6) is -1.31. The quantitative estimate of drug-likeness (QED) is 0.880. The number of nitrogens with zero attached hydrogens (tertiary/aromatic N) is 3. The van der Waals surface area contributed by atoms with Gasteiger partial charge in [-0.1, -0.05) is 5.21 Å². The van der Waals surface area contributed by atoms with Crippen molar-refractivity contribution >= 4 is 0 Å². The van der Waals surface area contributed by atoms with Gasteiger partial charge in [-0.2, -0.15) is 0 Å². The third-order valence-corrected chi connectivity index (χ3v) is 2.44. The minimum Gasteiger partial charge on any atom is -0.386 e. The van der Waals surface area contributed by atoms with Crippen molar-refractivity contribution in [2.45, 2.75) is 12.5 Å². The lowest BCUT2D eigenvalue weighted by Crippen LogP contribution is -2.08. The van der Waals surface area contributed by atoms with Crippen LogP contribution in [0.4, 0.5) is 8.78 Å². The van der Waals surface area contributed by atoms with Crippen LogP contribution < -0.4 is 0 Å². The second-order valence-electron chi connectivity index (χ2n) is 3.78. The van der Waals surface area contributed by atoms with E-state index < -0.39 is 17.7 Å². The minimum atomic E-state index is -0.892. The van der Waals surface area contributed by atoms with Gasteiger partial charge in [-0.3, -0.25) is 0 Å². The van der Waals surface area contributed by atoms with Crippen LogP contribution in [-0.2, 0) is 13.5 Å². The van der Waals surface area contributed by atoms with Crippen molar-refractivity contribution in [2.75, 3.05) is 0 Å². The smallest absolute Gasteiger partial charge is 0.126 e. The van der Waals surface area contributed by atoms with Gasteiger partial charge >= 0.3 is 0 Å². The highest BCUT2D eigenvalue weighted by Crippen LogP contribution is 2.18. The third kappa shape index (κ3) is 2.65. The van der Waals surface area contributed by atoms with Gasteiger partial charge in [0.05, 0.1) is 11.9 Å². The maximum Gasteiger partial charge on any atom is 0.126 e. The van der Waals surface area contributed by atoms with Crippen molar-refractivity contribution in [1.82, 2.24) is 15.0 Å². The Hall–Kier alpha value is -1.82. The number of rotatable bonds is 3. The molecule has 90 valence electrons. The zero-order chi connectivity index (χ0) is 12.4. The molecule has 0 spiro atoms. The molecule has 2 rings (SSSR count). The van der Waals surface area contributed by atoms with E-state index in [0.717, 1.165) is 6.07 Å². The summed E-state index contributed by atoms with van der Waals surface area (Å²) in [6.45, 7) is 0. The van der Waals surface area contributed by atoms with Gasteiger partial charge < -0.3 is 5.11 Å². The Morgan fingerprint density at radius 3 is 2.47 bits per heavy atom. The van der Waals surface area contributed by atoms with Crippen LogP contribution in [-0.4, -0.2) is 20.1 Å². The number of hydrogen-bond acceptors (Lipinski definition) is 3. The van der Waals surface area contributed by atoms with Gasteiger partial charge in [0.2, 0.25) is 0 Å². The molecule has 1 N–H and O–H groups in total. The van der Waals surface area contributed by atoms with Gasteiger partial charge in [0.25, 0.3) is 0 Å². The number of aryl methyl sites for hydroxylation is 1. The molecule has 1 aromatic carbocycles. The molecule has 6 heteroatoms. The molecule has 0 saturated carbocycles. The van der Waals surface area contributed by atoms with Crippen molar-refractivity contribution < 1.29 is 13.9 Å². The summed E-state index contributed by atoms with van der Waals surface area (Å²) in [4.78, 5) is 0. The average Bonchev–Trinajstić information content (AvgIpc) is 2.62. The molecule has 0 bridgehead atoms. The SMILES string of the molecule is Cn1nncc1C(O)Cc1cc(F)cc(F)c1. The number of benzene rings is 1. The molecule has 1 aromatic heterocycles. The van der Waals surface area contributed by atoms with Crippen LogP contribution in [0.25, 0.3) is 0 Å². The van der Waals surface area contributed by atoms with Gasteiger partial charge in [-0.05, 0) is 17.7 Å². The van der Waals surface area contributed by atoms with Crippen LogP contribution in [0.5, 0.6) is 0 Å². The Bertz CT molecular complexity index is 507. The molecule has 0 aliphatic heterocycles. The molecule has 0 aliphatic rings. The average molecular weight is 239 g/mol. The molecule has 0 aliphatic carbocycles. The van der Waals surface area contributed by atoms with E-state index >= 15 is 0 Å². The van der Waals surface area contributed by atoms with E-state index in [-0.39, 0.29) is 6.42 Å². The van der Waals surface area contributed by atoms with Gasteiger partial charge in [-0.25, -0.2) is 13.5 Å². The van der Waals surface area contributed by atoms with E-state index in [9.17, 15) is 13.9 Å². The van der Waals surface area contributed by atoms with Gasteiger partial charge in [0.15, 0.2) is 0 Å². The van der Waals surface area contributed by atoms with Crippen LogP contribution in [0.15, 0.2) is 24.4 Å². The topological polar surface area (TPSA) is 50.9 Å². The highest BCUT2D eigenvalue weighted by molar-refractivity contribution is 5.20. The largest absolute Gasteiger partial charge is 0.386 e. The normalized spacial score (nSPS) is 12.7. The second kappa shape index (κ2) is 4.58. The summed E-state index contributed by atoms with van der Waals surface area (Å²) in [6.07, 6.45) is 0.632. The molecule has 1 heterocycles. The van der Waals surface area contributed by atoms with E-state index in [0.29, 0.717) is 11.3 Å². The Balaban J connectivity index is 2.18. The first-order valence-corrected chi connectivity index (χ1v) is 5.04. The molecule has 0 fully saturated rings. The third-order valence-electron chi connectivity index (χ3n) is 2.44. The fourth-order valence-corrected chi connectivity index (χ4v) is 1.66. The Morgan fingerprint density at radius 2 is 1.94 bits per heavy atom. The number of hydrogen-bond donors (Lipinski definition) is 1. The van der Waals surface area contributed by atoms with Crippen LogP contribution >= 0.6 is 0 Å². The van der Waals surface area contributed by atoms with E-state index in [1.165, 1.54) is 23.0 Å². The summed E-state index contributed by atoms with van der Waals surface area (Å²) in [5, 5.41) is 17.2. The zero-order valence-electron chi connectivity index (χ0n) is 9.14. The van der Waals surface area contributed by atoms with Crippen molar-refractivity contribution in [2.24, 2.45) is 7.05 Å². The predicted octanol–water partition coefficient (Wildman–Crippen LogP) is 1.37. The number of aromatic nitrogens is 3. The minimum absolute atomic E-state index is 0.107. The molecule has 2 aromatic rings. The summed E-state index contributed by atoms with van der Waals surface area (Å²) in [6, 6.07) is 3.17. The van der Waals surface area contributed by atoms with E-state index in [1.54, 1.807) is 7.05 Å². The van der Waals surface area contributed by atoms with Crippen molar-refractivity contribution in [3.63, 3.8) is 0 Å². The van der Waals surface area contributed by atoms with E-state index in [4.69, 9.17) is 0 Å². The molecule has 0 radical (unpaired) electrons. The highest BCUT2D eigenvalue weighted by atomic mass is 19.1. The Kier molecular flexibility index (Phi) is 3.14. The van der Waals surface area contributed by atoms with Crippen molar-refractivity contribution in [3.8, 4) is 0 Å². The first kappa shape index (κ1) is 11.7. The standard InChI is InChI=1S/C11H11F2N3O/c1-16-10(6-14-15-16)11(17)4-7-2-8(12)5-9(13)3-7/h2-3,5-6,11,17H,4H2,1H3. The van der Waals surface area contributed by atoms with E-state index in [1.807, 2.05) is 0 Å². The molecule has 1 unspecified atom stereocenters. The lowest BCUT2D eigenvalue weighted by molar-refractivity contribution is 0.168. The molecular weight excluding hydrogens is 228 g/mol. The van der Waals surface area contributed by atoms with Crippen LogP contribution in [0, 0.1) is 11.6 Å². The fraction of sp³-hybridized carbons (Fsp3) is 0.273. The maximum atomic E-state index is 12.9. The summed E-state index contributed by atoms with van der Waals surface area (Å²) in [7, 11) is 1.64. The highest BCUT2D eigenvalue weighted by Gasteiger charge is 2.14. The lowest BCUT2D eigenvalue weighted by Gasteiger charge is -2.10. The zero-order valence-corrected chi connectivity index (χ0v) is 9.14. The molecular formula is C11H11F2N3O. The number of aliphatic hydroxyl groups excluding tert-OH is 1. The maximum absolute atomic E-state index is 12.9. The van der Waals surface area contributed by atoms with Crippen LogP contribution in [0.1, 0.15) is 17.4 Å². The van der Waals surface area contributed by atoms with Gasteiger partial charge in [0.1, 0.15) is 17.7 Å². The van der Waals surface area contributed by atoms with Gasteiger partial charge in [0, 0.05) is 19.5 Å². The molecule has 0 saturated heterocycles. The monoisotopic (exact) mass is 239 g/mol. The van der Waals surface area contributed by atoms with Crippen molar-refractivity contribution in [1.29, 1.82) is 0 Å². The first-order valence-electron chi connectivity index (χ1n) is 5.04. The Labute approximate surface area is 96.5 Å². The molecule has 4 nitrogen and oxygen atoms in total. The second-order valence-corrected chi connectivity index (χ2v) is 3.78. The summed E-state index contributed by atoms with van der Waals surface area (Å²) in [5.41, 5.74) is 0.880.